The minimum Gasteiger partial charge on any atom is -0.338 e. The van der Waals surface area contributed by atoms with Crippen LogP contribution < -0.4 is 0 Å². The number of nitrogens with zero attached hydrogens (tertiary/aromatic N) is 3. The Kier molecular flexibility index (Phi) is 5.36. The second kappa shape index (κ2) is 7.20. The zero-order chi connectivity index (χ0) is 18.2. The molecule has 6 nitrogen and oxygen atoms in total. The molecule has 3 rings (SSSR count). The summed E-state index contributed by atoms with van der Waals surface area (Å²) in [6.07, 6.45) is 2.07. The number of hydrogen-bond donors (Lipinski definition) is 0. The first-order valence-electron chi connectivity index (χ1n) is 8.15. The van der Waals surface area contributed by atoms with Gasteiger partial charge >= 0.3 is 0 Å². The van der Waals surface area contributed by atoms with E-state index in [-0.39, 0.29) is 29.2 Å². The fraction of sp³-hybridized carbons (Fsp3) is 0.562. The fourth-order valence-electron chi connectivity index (χ4n) is 3.13. The van der Waals surface area contributed by atoms with Gasteiger partial charge in [-0.2, -0.15) is 0 Å². The molecule has 3 heterocycles. The largest absolute Gasteiger partial charge is 0.338 e. The lowest BCUT2D eigenvalue weighted by atomic mass is 10.2. The van der Waals surface area contributed by atoms with E-state index in [2.05, 4.69) is 16.9 Å². The summed E-state index contributed by atoms with van der Waals surface area (Å²) < 4.78 is 23.4. The van der Waals surface area contributed by atoms with Crippen molar-refractivity contribution < 1.29 is 13.2 Å². The van der Waals surface area contributed by atoms with Crippen molar-refractivity contribution in [3.05, 3.63) is 16.8 Å². The average molecular weight is 400 g/mol. The highest BCUT2D eigenvalue weighted by atomic mass is 32.2. The minimum absolute atomic E-state index is 0.0361. The Hall–Kier alpha value is -1.19. The van der Waals surface area contributed by atoms with Crippen molar-refractivity contribution in [2.75, 3.05) is 23.8 Å². The second-order valence-electron chi connectivity index (χ2n) is 6.17. The molecule has 0 saturated carbocycles. The highest BCUT2D eigenvalue weighted by Crippen LogP contribution is 2.34. The van der Waals surface area contributed by atoms with Gasteiger partial charge in [0.25, 0.3) is 0 Å². The second-order valence-corrected chi connectivity index (χ2v) is 10.6. The van der Waals surface area contributed by atoms with Gasteiger partial charge in [0.1, 0.15) is 16.2 Å². The number of carbonyl (C=O) groups is 1. The van der Waals surface area contributed by atoms with Gasteiger partial charge in [-0.15, -0.1) is 11.3 Å². The van der Waals surface area contributed by atoms with Crippen molar-refractivity contribution in [3.63, 3.8) is 0 Å². The average Bonchev–Trinajstić information content (AvgIpc) is 3.06. The Labute approximate surface area is 156 Å². The third kappa shape index (κ3) is 3.83. The van der Waals surface area contributed by atoms with E-state index in [0.717, 1.165) is 20.8 Å². The van der Waals surface area contributed by atoms with Crippen LogP contribution >= 0.6 is 23.1 Å². The Morgan fingerprint density at radius 1 is 1.40 bits per heavy atom. The molecular weight excluding hydrogens is 378 g/mol. The van der Waals surface area contributed by atoms with Crippen molar-refractivity contribution in [2.24, 2.45) is 0 Å². The van der Waals surface area contributed by atoms with Gasteiger partial charge in [0, 0.05) is 22.8 Å². The summed E-state index contributed by atoms with van der Waals surface area (Å²) in [5.74, 6) is 0.475. The lowest BCUT2D eigenvalue weighted by Crippen LogP contribution is -2.41. The van der Waals surface area contributed by atoms with Crippen LogP contribution in [0, 0.1) is 13.8 Å². The van der Waals surface area contributed by atoms with Crippen LogP contribution in [-0.4, -0.2) is 59.0 Å². The summed E-state index contributed by atoms with van der Waals surface area (Å²) in [4.78, 5) is 25.1. The number of fused-ring (bicyclic) bond motifs is 1. The molecule has 1 aliphatic rings. The summed E-state index contributed by atoms with van der Waals surface area (Å²) in [7, 11) is -3.00. The molecule has 2 aromatic heterocycles. The first-order chi connectivity index (χ1) is 11.8. The van der Waals surface area contributed by atoms with Crippen molar-refractivity contribution in [2.45, 2.75) is 38.3 Å². The lowest BCUT2D eigenvalue weighted by molar-refractivity contribution is -0.129. The van der Waals surface area contributed by atoms with E-state index in [1.54, 1.807) is 16.2 Å². The molecule has 1 saturated heterocycles. The molecule has 1 amide bonds. The molecule has 0 spiro atoms. The van der Waals surface area contributed by atoms with Crippen LogP contribution in [0.3, 0.4) is 0 Å². The standard InChI is InChI=1S/C16H21N3O3S3/c1-4-19(12-5-6-25(21,22)8-12)13(20)7-23-15-14-10(2)11(3)24-16(14)18-9-17-15/h9,12H,4-8H2,1-3H3/t12-/m1/s1. The smallest absolute Gasteiger partial charge is 0.233 e. The first kappa shape index (κ1) is 18.6. The summed E-state index contributed by atoms with van der Waals surface area (Å²) in [5.41, 5.74) is 1.16. The van der Waals surface area contributed by atoms with Gasteiger partial charge in [0.2, 0.25) is 5.91 Å². The van der Waals surface area contributed by atoms with Gasteiger partial charge in [-0.1, -0.05) is 11.8 Å². The molecule has 9 heteroatoms. The molecule has 1 fully saturated rings. The highest BCUT2D eigenvalue weighted by Gasteiger charge is 2.33. The molecule has 0 radical (unpaired) electrons. The molecule has 1 atom stereocenters. The van der Waals surface area contributed by atoms with Gasteiger partial charge in [0.05, 0.1) is 17.3 Å². The minimum atomic E-state index is -3.00. The summed E-state index contributed by atoms with van der Waals surface area (Å²) >= 11 is 3.03. The summed E-state index contributed by atoms with van der Waals surface area (Å²) in [6.45, 7) is 6.52. The molecular formula is C16H21N3O3S3. The third-order valence-electron chi connectivity index (χ3n) is 4.57. The van der Waals surface area contributed by atoms with E-state index in [0.29, 0.717) is 13.0 Å². The van der Waals surface area contributed by atoms with Crippen LogP contribution in [0.15, 0.2) is 11.4 Å². The predicted molar refractivity (Wildman–Crippen MR) is 102 cm³/mol. The molecule has 2 aromatic rings. The molecule has 0 aliphatic carbocycles. The van der Waals surface area contributed by atoms with Crippen LogP contribution in [0.25, 0.3) is 10.2 Å². The number of rotatable bonds is 5. The number of thiophene rings is 1. The maximum absolute atomic E-state index is 12.6. The molecule has 0 unspecified atom stereocenters. The number of hydrogen-bond acceptors (Lipinski definition) is 7. The van der Waals surface area contributed by atoms with Gasteiger partial charge in [-0.25, -0.2) is 18.4 Å². The van der Waals surface area contributed by atoms with Crippen molar-refractivity contribution >= 4 is 49.1 Å². The van der Waals surface area contributed by atoms with Gasteiger partial charge in [0.15, 0.2) is 9.84 Å². The maximum Gasteiger partial charge on any atom is 0.233 e. The molecule has 0 aromatic carbocycles. The SMILES string of the molecule is CCN(C(=O)CSc1ncnc2sc(C)c(C)c12)[C@@H]1CCS(=O)(=O)C1. The molecule has 25 heavy (non-hydrogen) atoms. The monoisotopic (exact) mass is 399 g/mol. The van der Waals surface area contributed by atoms with Crippen molar-refractivity contribution in [1.82, 2.24) is 14.9 Å². The van der Waals surface area contributed by atoms with E-state index in [9.17, 15) is 13.2 Å². The zero-order valence-corrected chi connectivity index (χ0v) is 16.9. The maximum atomic E-state index is 12.6. The highest BCUT2D eigenvalue weighted by molar-refractivity contribution is 8.00. The van der Waals surface area contributed by atoms with Crippen LogP contribution in [0.4, 0.5) is 0 Å². The van der Waals surface area contributed by atoms with Crippen LogP contribution in [0.1, 0.15) is 23.8 Å². The normalized spacial score (nSPS) is 19.4. The van der Waals surface area contributed by atoms with E-state index < -0.39 is 9.84 Å². The van der Waals surface area contributed by atoms with Gasteiger partial charge in [-0.3, -0.25) is 4.79 Å². The topological polar surface area (TPSA) is 80.2 Å². The van der Waals surface area contributed by atoms with Gasteiger partial charge in [-0.05, 0) is 32.8 Å². The van der Waals surface area contributed by atoms with E-state index in [1.807, 2.05) is 13.8 Å². The van der Waals surface area contributed by atoms with Crippen molar-refractivity contribution in [3.8, 4) is 0 Å². The molecule has 0 bridgehead atoms. The van der Waals surface area contributed by atoms with E-state index in [4.69, 9.17) is 0 Å². The summed E-state index contributed by atoms with van der Waals surface area (Å²) in [5, 5.41) is 1.84. The fourth-order valence-corrected chi connectivity index (χ4v) is 6.87. The van der Waals surface area contributed by atoms with E-state index in [1.165, 1.54) is 23.0 Å². The quantitative estimate of drug-likeness (QED) is 0.567. The Morgan fingerprint density at radius 2 is 2.16 bits per heavy atom. The Bertz CT molecular complexity index is 908. The summed E-state index contributed by atoms with van der Waals surface area (Å²) in [6, 6.07) is -0.196. The molecule has 0 N–H and O–H groups in total. The molecule has 1 aliphatic heterocycles. The van der Waals surface area contributed by atoms with Gasteiger partial charge < -0.3 is 4.90 Å². The van der Waals surface area contributed by atoms with Crippen LogP contribution in [-0.2, 0) is 14.6 Å². The number of thioether (sulfide) groups is 1. The number of carbonyl (C=O) groups excluding carboxylic acids is 1. The number of sulfone groups is 1. The first-order valence-corrected chi connectivity index (χ1v) is 11.8. The zero-order valence-electron chi connectivity index (χ0n) is 14.5. The third-order valence-corrected chi connectivity index (χ3v) is 8.41. The van der Waals surface area contributed by atoms with Crippen LogP contribution in [0.5, 0.6) is 0 Å². The predicted octanol–water partition coefficient (Wildman–Crippen LogP) is 2.44. The molecule has 136 valence electrons. The Balaban J connectivity index is 1.74. The number of amides is 1. The number of aromatic nitrogens is 2. The number of aryl methyl sites for hydroxylation is 2. The van der Waals surface area contributed by atoms with Crippen LogP contribution in [0.2, 0.25) is 0 Å². The lowest BCUT2D eigenvalue weighted by Gasteiger charge is -2.26. The van der Waals surface area contributed by atoms with E-state index >= 15 is 0 Å². The van der Waals surface area contributed by atoms with Crippen molar-refractivity contribution in [1.29, 1.82) is 0 Å². The Morgan fingerprint density at radius 3 is 2.80 bits per heavy atom.